The van der Waals surface area contributed by atoms with Crippen molar-refractivity contribution < 1.29 is 9.53 Å². The molecule has 0 aliphatic carbocycles. The Morgan fingerprint density at radius 1 is 1.39 bits per heavy atom. The number of methoxy groups -OCH3 is 1. The molecule has 0 radical (unpaired) electrons. The van der Waals surface area contributed by atoms with Crippen molar-refractivity contribution in [2.24, 2.45) is 0 Å². The van der Waals surface area contributed by atoms with Crippen molar-refractivity contribution in [3.63, 3.8) is 0 Å². The fourth-order valence-electron chi connectivity index (χ4n) is 3.86. The molecule has 8 nitrogen and oxygen atoms in total. The van der Waals surface area contributed by atoms with Crippen molar-refractivity contribution in [3.05, 3.63) is 47.9 Å². The minimum atomic E-state index is -0.217. The summed E-state index contributed by atoms with van der Waals surface area (Å²) in [5, 5.41) is 12.2. The number of aromatic amines is 1. The highest BCUT2D eigenvalue weighted by Gasteiger charge is 2.26. The molecule has 2 N–H and O–H groups in total. The molecule has 1 saturated heterocycles. The topological polar surface area (TPSA) is 88.1 Å². The van der Waals surface area contributed by atoms with Crippen molar-refractivity contribution >= 4 is 16.8 Å². The smallest absolute Gasteiger partial charge is 0.273 e. The Labute approximate surface area is 163 Å². The second-order valence-electron chi connectivity index (χ2n) is 7.20. The molecule has 0 bridgehead atoms. The number of nitrogens with zero attached hydrogens (tertiary/aromatic N) is 4. The van der Waals surface area contributed by atoms with Gasteiger partial charge in [-0.1, -0.05) is 23.4 Å². The maximum absolute atomic E-state index is 12.1. The van der Waals surface area contributed by atoms with Crippen LogP contribution < -0.4 is 5.32 Å². The molecular formula is C20H26N6O2. The molecule has 1 unspecified atom stereocenters. The number of hydrogen-bond acceptors (Lipinski definition) is 5. The van der Waals surface area contributed by atoms with E-state index in [0.29, 0.717) is 24.9 Å². The van der Waals surface area contributed by atoms with Crippen LogP contribution in [0, 0.1) is 0 Å². The number of amides is 1. The van der Waals surface area contributed by atoms with Crippen LogP contribution in [0.15, 0.2) is 36.7 Å². The molecule has 1 aliphatic heterocycles. The summed E-state index contributed by atoms with van der Waals surface area (Å²) in [5.41, 5.74) is 2.84. The first-order chi connectivity index (χ1) is 13.7. The number of hydrogen-bond donors (Lipinski definition) is 2. The standard InChI is InChI=1S/C20H26N6O2/c1-28-10-8-21-20(27)19-14-26(24-23-19)13-16-5-4-9-25(16)12-15-11-22-18-7-3-2-6-17(15)18/h2-3,6-7,11,14,16,22H,4-5,8-10,12-13H2,1H3,(H,21,27). The van der Waals surface area contributed by atoms with Crippen molar-refractivity contribution in [2.45, 2.75) is 32.0 Å². The van der Waals surface area contributed by atoms with Gasteiger partial charge in [-0.05, 0) is 31.0 Å². The maximum Gasteiger partial charge on any atom is 0.273 e. The van der Waals surface area contributed by atoms with E-state index in [1.165, 1.54) is 22.9 Å². The molecule has 148 valence electrons. The maximum atomic E-state index is 12.1. The summed E-state index contributed by atoms with van der Waals surface area (Å²) in [4.78, 5) is 17.9. The molecule has 0 spiro atoms. The molecule has 1 fully saturated rings. The van der Waals surface area contributed by atoms with E-state index < -0.39 is 0 Å². The highest BCUT2D eigenvalue weighted by Crippen LogP contribution is 2.25. The van der Waals surface area contributed by atoms with Crippen LogP contribution in [-0.4, -0.2) is 63.6 Å². The van der Waals surface area contributed by atoms with Gasteiger partial charge in [0.15, 0.2) is 5.69 Å². The number of likely N-dealkylation sites (tertiary alicyclic amines) is 1. The van der Waals surface area contributed by atoms with E-state index in [4.69, 9.17) is 4.74 Å². The van der Waals surface area contributed by atoms with Crippen LogP contribution in [-0.2, 0) is 17.8 Å². The largest absolute Gasteiger partial charge is 0.383 e. The number of para-hydroxylation sites is 1. The Bertz CT molecular complexity index is 934. The van der Waals surface area contributed by atoms with Gasteiger partial charge in [-0.3, -0.25) is 14.4 Å². The number of carbonyl (C=O) groups excluding carboxylic acids is 1. The third kappa shape index (κ3) is 4.07. The van der Waals surface area contributed by atoms with Crippen LogP contribution in [0.25, 0.3) is 10.9 Å². The number of fused-ring (bicyclic) bond motifs is 1. The Kier molecular flexibility index (Phi) is 5.68. The molecule has 4 rings (SSSR count). The van der Waals surface area contributed by atoms with Crippen LogP contribution in [0.5, 0.6) is 0 Å². The first kappa shape index (κ1) is 18.6. The Balaban J connectivity index is 1.38. The molecule has 1 atom stereocenters. The lowest BCUT2D eigenvalue weighted by Crippen LogP contribution is -2.32. The number of carbonyl (C=O) groups is 1. The number of H-pyrrole nitrogens is 1. The van der Waals surface area contributed by atoms with Crippen LogP contribution in [0.4, 0.5) is 0 Å². The lowest BCUT2D eigenvalue weighted by Gasteiger charge is -2.24. The summed E-state index contributed by atoms with van der Waals surface area (Å²) in [6.07, 6.45) is 6.13. The zero-order valence-electron chi connectivity index (χ0n) is 16.1. The molecule has 28 heavy (non-hydrogen) atoms. The van der Waals surface area contributed by atoms with E-state index in [1.807, 2.05) is 0 Å². The first-order valence-corrected chi connectivity index (χ1v) is 9.71. The van der Waals surface area contributed by atoms with Crippen LogP contribution in [0.1, 0.15) is 28.9 Å². The lowest BCUT2D eigenvalue weighted by atomic mass is 10.1. The van der Waals surface area contributed by atoms with Gasteiger partial charge in [0.05, 0.1) is 19.3 Å². The predicted octanol–water partition coefficient (Wildman–Crippen LogP) is 1.80. The minimum Gasteiger partial charge on any atom is -0.383 e. The highest BCUT2D eigenvalue weighted by molar-refractivity contribution is 5.91. The van der Waals surface area contributed by atoms with Gasteiger partial charge in [0.2, 0.25) is 0 Å². The molecule has 1 amide bonds. The molecule has 3 aromatic rings. The molecular weight excluding hydrogens is 356 g/mol. The Hall–Kier alpha value is -2.71. The van der Waals surface area contributed by atoms with E-state index in [0.717, 1.165) is 26.1 Å². The molecule has 8 heteroatoms. The normalized spacial score (nSPS) is 17.4. The molecule has 1 aliphatic rings. The van der Waals surface area contributed by atoms with E-state index in [9.17, 15) is 4.79 Å². The monoisotopic (exact) mass is 382 g/mol. The van der Waals surface area contributed by atoms with Gasteiger partial charge in [-0.2, -0.15) is 0 Å². The Morgan fingerprint density at radius 3 is 3.18 bits per heavy atom. The van der Waals surface area contributed by atoms with Crippen LogP contribution in [0.3, 0.4) is 0 Å². The van der Waals surface area contributed by atoms with Gasteiger partial charge in [0.1, 0.15) is 0 Å². The number of aromatic nitrogens is 4. The summed E-state index contributed by atoms with van der Waals surface area (Å²) < 4.78 is 6.72. The van der Waals surface area contributed by atoms with Gasteiger partial charge in [-0.15, -0.1) is 5.10 Å². The van der Waals surface area contributed by atoms with E-state index in [1.54, 1.807) is 18.0 Å². The number of nitrogens with one attached hydrogen (secondary N) is 2. The summed E-state index contributed by atoms with van der Waals surface area (Å²) >= 11 is 0. The SMILES string of the molecule is COCCNC(=O)c1cn(CC2CCCN2Cc2c[nH]c3ccccc23)nn1. The fraction of sp³-hybridized carbons (Fsp3) is 0.450. The first-order valence-electron chi connectivity index (χ1n) is 9.71. The average Bonchev–Trinajstić information content (AvgIpc) is 3.44. The highest BCUT2D eigenvalue weighted by atomic mass is 16.5. The predicted molar refractivity (Wildman–Crippen MR) is 106 cm³/mol. The van der Waals surface area contributed by atoms with E-state index in [2.05, 4.69) is 56.0 Å². The van der Waals surface area contributed by atoms with E-state index in [-0.39, 0.29) is 5.91 Å². The van der Waals surface area contributed by atoms with Gasteiger partial charge < -0.3 is 15.0 Å². The second kappa shape index (κ2) is 8.53. The molecule has 3 heterocycles. The third-order valence-corrected chi connectivity index (χ3v) is 5.31. The molecule has 2 aromatic heterocycles. The quantitative estimate of drug-likeness (QED) is 0.580. The molecule has 0 saturated carbocycles. The third-order valence-electron chi connectivity index (χ3n) is 5.31. The van der Waals surface area contributed by atoms with Gasteiger partial charge >= 0.3 is 0 Å². The Morgan fingerprint density at radius 2 is 2.29 bits per heavy atom. The van der Waals surface area contributed by atoms with Gasteiger partial charge in [0, 0.05) is 43.3 Å². The summed E-state index contributed by atoms with van der Waals surface area (Å²) in [6.45, 7) is 3.66. The zero-order chi connectivity index (χ0) is 19.3. The summed E-state index contributed by atoms with van der Waals surface area (Å²) in [5.74, 6) is -0.217. The summed E-state index contributed by atoms with van der Waals surface area (Å²) in [7, 11) is 1.60. The van der Waals surface area contributed by atoms with Crippen LogP contribution in [0.2, 0.25) is 0 Å². The van der Waals surface area contributed by atoms with E-state index >= 15 is 0 Å². The van der Waals surface area contributed by atoms with Crippen molar-refractivity contribution in [1.82, 2.24) is 30.2 Å². The van der Waals surface area contributed by atoms with Crippen molar-refractivity contribution in [2.75, 3.05) is 26.8 Å². The summed E-state index contributed by atoms with van der Waals surface area (Å²) in [6, 6.07) is 8.79. The van der Waals surface area contributed by atoms with Crippen molar-refractivity contribution in [3.8, 4) is 0 Å². The van der Waals surface area contributed by atoms with Gasteiger partial charge in [0.25, 0.3) is 5.91 Å². The minimum absolute atomic E-state index is 0.217. The fourth-order valence-corrected chi connectivity index (χ4v) is 3.86. The van der Waals surface area contributed by atoms with Crippen LogP contribution >= 0.6 is 0 Å². The average molecular weight is 382 g/mol. The lowest BCUT2D eigenvalue weighted by molar-refractivity contribution is 0.0932. The number of ether oxygens (including phenoxy) is 1. The zero-order valence-corrected chi connectivity index (χ0v) is 16.1. The number of rotatable bonds is 8. The van der Waals surface area contributed by atoms with Crippen molar-refractivity contribution in [1.29, 1.82) is 0 Å². The second-order valence-corrected chi connectivity index (χ2v) is 7.20. The molecule has 1 aromatic carbocycles. The number of benzene rings is 1. The van der Waals surface area contributed by atoms with Gasteiger partial charge in [-0.25, -0.2) is 0 Å².